The number of aryl methyl sites for hydroxylation is 1. The first-order valence-electron chi connectivity index (χ1n) is 7.69. The van der Waals surface area contributed by atoms with Crippen molar-refractivity contribution in [1.82, 2.24) is 9.55 Å². The summed E-state index contributed by atoms with van der Waals surface area (Å²) in [6.45, 7) is 0.830. The zero-order valence-corrected chi connectivity index (χ0v) is 15.1. The van der Waals surface area contributed by atoms with Gasteiger partial charge in [0.2, 0.25) is 5.78 Å². The van der Waals surface area contributed by atoms with Crippen LogP contribution in [0.25, 0.3) is 10.1 Å². The molecule has 2 heterocycles. The van der Waals surface area contributed by atoms with E-state index in [-0.39, 0.29) is 10.7 Å². The summed E-state index contributed by atoms with van der Waals surface area (Å²) in [7, 11) is 1.28. The Hall–Kier alpha value is -3.27. The number of halogens is 1. The van der Waals surface area contributed by atoms with Gasteiger partial charge in [0, 0.05) is 17.1 Å². The molecule has 0 atom stereocenters. The first-order valence-corrected chi connectivity index (χ1v) is 8.50. The molecule has 0 fully saturated rings. The summed E-state index contributed by atoms with van der Waals surface area (Å²) >= 11 is 1.04. The van der Waals surface area contributed by atoms with E-state index in [2.05, 4.69) is 0 Å². The molecule has 27 heavy (non-hydrogen) atoms. The van der Waals surface area contributed by atoms with Gasteiger partial charge >= 0.3 is 11.7 Å². The third-order valence-electron chi connectivity index (χ3n) is 4.07. The van der Waals surface area contributed by atoms with Crippen LogP contribution in [-0.2, 0) is 11.8 Å². The fourth-order valence-corrected chi connectivity index (χ4v) is 3.74. The molecule has 8 nitrogen and oxygen atoms in total. The second kappa shape index (κ2) is 6.80. The molecule has 0 bridgehead atoms. The molecular weight excluding hydrogens is 377 g/mol. The molecule has 3 N–H and O–H groups in total. The molecule has 1 aromatic carbocycles. The highest BCUT2D eigenvalue weighted by Crippen LogP contribution is 2.32. The van der Waals surface area contributed by atoms with Gasteiger partial charge in [-0.3, -0.25) is 19.1 Å². The number of ketones is 1. The van der Waals surface area contributed by atoms with Crippen LogP contribution in [0, 0.1) is 12.7 Å². The summed E-state index contributed by atoms with van der Waals surface area (Å²) in [5, 5.41) is 0.319. The number of benzene rings is 1. The molecule has 0 aliphatic carbocycles. The minimum absolute atomic E-state index is 0.158. The van der Waals surface area contributed by atoms with Gasteiger partial charge in [-0.2, -0.15) is 0 Å². The molecule has 10 heteroatoms. The normalized spacial score (nSPS) is 10.9. The number of H-pyrrole nitrogens is 1. The molecule has 0 saturated carbocycles. The summed E-state index contributed by atoms with van der Waals surface area (Å²) < 4.78 is 20.4. The molecule has 2 aromatic heterocycles. The lowest BCUT2D eigenvalue weighted by Crippen LogP contribution is -2.35. The number of esters is 1. The minimum Gasteiger partial charge on any atom is -0.453 e. The van der Waals surface area contributed by atoms with E-state index < -0.39 is 41.0 Å². The Morgan fingerprint density at radius 3 is 2.70 bits per heavy atom. The first-order chi connectivity index (χ1) is 12.7. The number of hydrogen-bond donors (Lipinski definition) is 2. The first kappa shape index (κ1) is 18.5. The van der Waals surface area contributed by atoms with Crippen molar-refractivity contribution in [3.05, 3.63) is 60.9 Å². The number of aromatic amines is 1. The largest absolute Gasteiger partial charge is 0.453 e. The Balaban J connectivity index is 1.85. The van der Waals surface area contributed by atoms with E-state index in [9.17, 15) is 23.6 Å². The van der Waals surface area contributed by atoms with E-state index in [1.54, 1.807) is 13.0 Å². The van der Waals surface area contributed by atoms with E-state index in [0.717, 1.165) is 15.9 Å². The highest BCUT2D eigenvalue weighted by atomic mass is 32.1. The number of hydrogen-bond acceptors (Lipinski definition) is 7. The lowest BCUT2D eigenvalue weighted by atomic mass is 10.1. The average molecular weight is 391 g/mol. The molecule has 3 aromatic rings. The third kappa shape index (κ3) is 3.14. The Morgan fingerprint density at radius 1 is 1.33 bits per heavy atom. The number of ether oxygens (including phenoxy) is 1. The van der Waals surface area contributed by atoms with Crippen LogP contribution in [0.1, 0.15) is 25.6 Å². The summed E-state index contributed by atoms with van der Waals surface area (Å²) in [4.78, 5) is 49.9. The second-order valence-electron chi connectivity index (χ2n) is 5.75. The van der Waals surface area contributed by atoms with Crippen LogP contribution in [0.4, 0.5) is 10.2 Å². The van der Waals surface area contributed by atoms with Crippen molar-refractivity contribution in [2.24, 2.45) is 7.05 Å². The highest BCUT2D eigenvalue weighted by molar-refractivity contribution is 7.21. The number of Topliss-reactive ketones (excluding diaryl/α,β-unsaturated/α-hetero) is 1. The number of nitrogens with two attached hydrogens (primary N) is 1. The maximum Gasteiger partial charge on any atom is 0.349 e. The van der Waals surface area contributed by atoms with Gasteiger partial charge in [-0.15, -0.1) is 11.3 Å². The molecule has 0 spiro atoms. The summed E-state index contributed by atoms with van der Waals surface area (Å²) in [5.41, 5.74) is 3.84. The Labute approximate surface area is 155 Å². The fourth-order valence-electron chi connectivity index (χ4n) is 2.62. The maximum absolute atomic E-state index is 13.9. The van der Waals surface area contributed by atoms with Gasteiger partial charge in [-0.1, -0.05) is 6.07 Å². The van der Waals surface area contributed by atoms with E-state index in [0.29, 0.717) is 15.6 Å². The van der Waals surface area contributed by atoms with Crippen LogP contribution in [-0.4, -0.2) is 27.9 Å². The third-order valence-corrected chi connectivity index (χ3v) is 5.31. The molecule has 0 radical (unpaired) electrons. The van der Waals surface area contributed by atoms with Gasteiger partial charge in [0.15, 0.2) is 6.61 Å². The fraction of sp³-hybridized carbons (Fsp3) is 0.176. The number of nitrogen functional groups attached to an aromatic ring is 1. The Kier molecular flexibility index (Phi) is 4.66. The van der Waals surface area contributed by atoms with Crippen LogP contribution in [0.2, 0.25) is 0 Å². The van der Waals surface area contributed by atoms with Gasteiger partial charge in [-0.25, -0.2) is 14.0 Å². The van der Waals surface area contributed by atoms with Crippen molar-refractivity contribution in [2.45, 2.75) is 6.92 Å². The summed E-state index contributed by atoms with van der Waals surface area (Å²) in [6, 6.07) is 4.49. The van der Waals surface area contributed by atoms with Crippen molar-refractivity contribution in [2.75, 3.05) is 12.3 Å². The lowest BCUT2D eigenvalue weighted by molar-refractivity contribution is 0.0478. The second-order valence-corrected chi connectivity index (χ2v) is 6.80. The smallest absolute Gasteiger partial charge is 0.349 e. The maximum atomic E-state index is 13.9. The zero-order chi connectivity index (χ0) is 19.9. The van der Waals surface area contributed by atoms with E-state index >= 15 is 0 Å². The van der Waals surface area contributed by atoms with Gasteiger partial charge in [-0.05, 0) is 24.6 Å². The van der Waals surface area contributed by atoms with Crippen LogP contribution in [0.5, 0.6) is 0 Å². The number of nitrogens with one attached hydrogen (secondary N) is 1. The van der Waals surface area contributed by atoms with Gasteiger partial charge in [0.1, 0.15) is 22.1 Å². The number of fused-ring (bicyclic) bond motifs is 1. The average Bonchev–Trinajstić information content (AvgIpc) is 2.96. The highest BCUT2D eigenvalue weighted by Gasteiger charge is 2.23. The van der Waals surface area contributed by atoms with Gasteiger partial charge in [0.05, 0.1) is 0 Å². The predicted molar refractivity (Wildman–Crippen MR) is 97.8 cm³/mol. The molecule has 0 unspecified atom stereocenters. The lowest BCUT2D eigenvalue weighted by Gasteiger charge is -2.08. The van der Waals surface area contributed by atoms with Crippen molar-refractivity contribution >= 4 is 39.0 Å². The standard InChI is InChI=1S/C17H14FN3O5S/c1-7-11-8(18)4-3-5-10(11)27-13(7)16(24)26-6-9(22)12-14(19)21(2)17(25)20-15(12)23/h3-5H,6,19H2,1-2H3,(H,20,23,25). The van der Waals surface area contributed by atoms with Crippen molar-refractivity contribution in [3.63, 3.8) is 0 Å². The van der Waals surface area contributed by atoms with Crippen LogP contribution in [0.3, 0.4) is 0 Å². The van der Waals surface area contributed by atoms with E-state index in [1.165, 1.54) is 19.2 Å². The van der Waals surface area contributed by atoms with E-state index in [1.807, 2.05) is 4.98 Å². The molecule has 0 amide bonds. The topological polar surface area (TPSA) is 124 Å². The number of aromatic nitrogens is 2. The van der Waals surface area contributed by atoms with Gasteiger partial charge < -0.3 is 10.5 Å². The quantitative estimate of drug-likeness (QED) is 0.511. The van der Waals surface area contributed by atoms with Crippen LogP contribution < -0.4 is 17.0 Å². The van der Waals surface area contributed by atoms with Crippen molar-refractivity contribution in [1.29, 1.82) is 0 Å². The number of nitrogens with zero attached hydrogens (tertiary/aromatic N) is 1. The van der Waals surface area contributed by atoms with Crippen molar-refractivity contribution < 1.29 is 18.7 Å². The molecule has 0 aliphatic heterocycles. The molecule has 0 aliphatic rings. The van der Waals surface area contributed by atoms with E-state index in [4.69, 9.17) is 10.5 Å². The summed E-state index contributed by atoms with van der Waals surface area (Å²) in [6.07, 6.45) is 0. The minimum atomic E-state index is -0.961. The van der Waals surface area contributed by atoms with Crippen LogP contribution >= 0.6 is 11.3 Å². The van der Waals surface area contributed by atoms with Crippen molar-refractivity contribution in [3.8, 4) is 0 Å². The number of carbonyl (C=O) groups is 2. The monoisotopic (exact) mass is 391 g/mol. The number of carbonyl (C=O) groups excluding carboxylic acids is 2. The van der Waals surface area contributed by atoms with Crippen LogP contribution in [0.15, 0.2) is 27.8 Å². The SMILES string of the molecule is Cc1c(C(=O)OCC(=O)c2c(N)n(C)c(=O)[nH]c2=O)sc2cccc(F)c12. The van der Waals surface area contributed by atoms with Gasteiger partial charge in [0.25, 0.3) is 5.56 Å². The molecule has 140 valence electrons. The number of thiophene rings is 1. The number of anilines is 1. The predicted octanol–water partition coefficient (Wildman–Crippen LogP) is 1.36. The molecule has 3 rings (SSSR count). The Morgan fingerprint density at radius 2 is 2.04 bits per heavy atom. The zero-order valence-electron chi connectivity index (χ0n) is 14.3. The Bertz CT molecular complexity index is 1210. The summed E-state index contributed by atoms with van der Waals surface area (Å²) in [5.74, 6) is -2.46. The molecular formula is C17H14FN3O5S. The number of rotatable bonds is 4. The molecule has 0 saturated heterocycles.